The molecule has 1 aromatic heterocycles. The van der Waals surface area contributed by atoms with Gasteiger partial charge in [-0.1, -0.05) is 12.1 Å². The van der Waals surface area contributed by atoms with Crippen LogP contribution < -0.4 is 19.8 Å². The van der Waals surface area contributed by atoms with Crippen molar-refractivity contribution >= 4 is 0 Å². The molecule has 0 saturated carbocycles. The highest BCUT2D eigenvalue weighted by Gasteiger charge is 2.39. The summed E-state index contributed by atoms with van der Waals surface area (Å²) in [5, 5.41) is 9.02. The largest absolute Gasteiger partial charge is 0.497 e. The number of H-pyrrole nitrogens is 1. The number of ether oxygens (including phenoxy) is 3. The molecule has 0 atom stereocenters. The normalized spacial score (nSPS) is 11.2. The zero-order chi connectivity index (χ0) is 24.2. The van der Waals surface area contributed by atoms with E-state index in [-0.39, 0.29) is 17.8 Å². The maximum Gasteiger partial charge on any atom is 0.437 e. The van der Waals surface area contributed by atoms with Crippen LogP contribution in [0.1, 0.15) is 22.6 Å². The van der Waals surface area contributed by atoms with Crippen molar-refractivity contribution in [2.75, 3.05) is 7.11 Å². The molecule has 1 heterocycles. The van der Waals surface area contributed by atoms with Gasteiger partial charge in [-0.2, -0.15) is 27.2 Å². The van der Waals surface area contributed by atoms with Gasteiger partial charge in [-0.25, -0.2) is 4.98 Å². The third-order valence-corrected chi connectivity index (χ3v) is 4.18. The van der Waals surface area contributed by atoms with Crippen molar-refractivity contribution in [2.45, 2.75) is 19.2 Å². The summed E-state index contributed by atoms with van der Waals surface area (Å²) in [6.45, 7) is -3.25. The molecular weight excluding hydrogens is 453 g/mol. The monoisotopic (exact) mass is 467 g/mol. The van der Waals surface area contributed by atoms with Crippen LogP contribution in [-0.2, 0) is 12.6 Å². The molecule has 0 amide bonds. The van der Waals surface area contributed by atoms with Gasteiger partial charge in [0.15, 0.2) is 5.69 Å². The lowest BCUT2D eigenvalue weighted by atomic mass is 10.1. The third-order valence-electron chi connectivity index (χ3n) is 4.18. The topological polar surface area (TPSA) is 97.2 Å². The van der Waals surface area contributed by atoms with E-state index in [0.29, 0.717) is 11.3 Å². The van der Waals surface area contributed by atoms with E-state index < -0.39 is 41.3 Å². The Labute approximate surface area is 183 Å². The lowest BCUT2D eigenvalue weighted by molar-refractivity contribution is -0.142. The smallest absolute Gasteiger partial charge is 0.437 e. The predicted octanol–water partition coefficient (Wildman–Crippen LogP) is 4.65. The summed E-state index contributed by atoms with van der Waals surface area (Å²) in [4.78, 5) is 18.2. The van der Waals surface area contributed by atoms with E-state index in [1.165, 1.54) is 7.11 Å². The number of benzene rings is 2. The first-order chi connectivity index (χ1) is 15.6. The Kier molecular flexibility index (Phi) is 6.81. The summed E-state index contributed by atoms with van der Waals surface area (Å²) < 4.78 is 80.2. The molecule has 12 heteroatoms. The number of nitriles is 1. The molecule has 3 aromatic rings. The Hall–Kier alpha value is -4.14. The number of rotatable bonds is 7. The molecule has 0 aliphatic rings. The van der Waals surface area contributed by atoms with Crippen molar-refractivity contribution in [3.63, 3.8) is 0 Å². The van der Waals surface area contributed by atoms with Crippen molar-refractivity contribution < 1.29 is 36.2 Å². The first-order valence-electron chi connectivity index (χ1n) is 9.10. The van der Waals surface area contributed by atoms with Crippen LogP contribution in [0.15, 0.2) is 47.3 Å². The van der Waals surface area contributed by atoms with Crippen LogP contribution in [0.5, 0.6) is 23.0 Å². The van der Waals surface area contributed by atoms with Gasteiger partial charge in [0.25, 0.3) is 5.56 Å². The molecule has 7 nitrogen and oxygen atoms in total. The van der Waals surface area contributed by atoms with E-state index in [9.17, 15) is 26.7 Å². The molecule has 0 aliphatic carbocycles. The average Bonchev–Trinajstić information content (AvgIpc) is 2.74. The summed E-state index contributed by atoms with van der Waals surface area (Å²) in [6.07, 6.45) is -5.20. The maximum absolute atomic E-state index is 13.7. The molecule has 33 heavy (non-hydrogen) atoms. The Morgan fingerprint density at radius 3 is 2.33 bits per heavy atom. The molecular formula is C21H14F5N3O4. The number of aromatic amines is 1. The zero-order valence-corrected chi connectivity index (χ0v) is 16.7. The van der Waals surface area contributed by atoms with E-state index in [2.05, 4.69) is 14.7 Å². The van der Waals surface area contributed by atoms with Gasteiger partial charge in [0.2, 0.25) is 5.75 Å². The van der Waals surface area contributed by atoms with Gasteiger partial charge in [0.05, 0.1) is 18.7 Å². The molecule has 2 aromatic carbocycles. The van der Waals surface area contributed by atoms with Crippen LogP contribution in [0.4, 0.5) is 22.0 Å². The maximum atomic E-state index is 13.7. The molecule has 172 valence electrons. The van der Waals surface area contributed by atoms with Gasteiger partial charge in [0, 0.05) is 12.5 Å². The lowest BCUT2D eigenvalue weighted by Gasteiger charge is -2.14. The van der Waals surface area contributed by atoms with Gasteiger partial charge in [-0.05, 0) is 29.8 Å². The van der Waals surface area contributed by atoms with Gasteiger partial charge >= 0.3 is 12.8 Å². The van der Waals surface area contributed by atoms with Crippen LogP contribution in [-0.4, -0.2) is 23.7 Å². The molecule has 0 spiro atoms. The highest BCUT2D eigenvalue weighted by atomic mass is 19.4. The van der Waals surface area contributed by atoms with E-state index >= 15 is 0 Å². The molecule has 0 bridgehead atoms. The van der Waals surface area contributed by atoms with Crippen LogP contribution >= 0.6 is 0 Å². The van der Waals surface area contributed by atoms with E-state index in [4.69, 9.17) is 14.7 Å². The average molecular weight is 467 g/mol. The number of nitrogens with one attached hydrogen (secondary N) is 1. The van der Waals surface area contributed by atoms with Gasteiger partial charge < -0.3 is 19.2 Å². The SMILES string of the molecule is COc1ccc(Cc2nc(C(F)(F)F)c(Oc3cc(C#N)cc(OC(F)F)c3)c(=O)[nH]2)cc1. The number of hydrogen-bond donors (Lipinski definition) is 1. The standard InChI is InChI=1S/C21H14F5N3O4/c1-31-13-4-2-11(3-5-13)8-16-28-18(21(24,25)26)17(19(30)29-16)32-14-6-12(10-27)7-15(9-14)33-20(22)23/h2-7,9,20H,8H2,1H3,(H,28,29,30). The fourth-order valence-corrected chi connectivity index (χ4v) is 2.80. The van der Waals surface area contributed by atoms with Crippen molar-refractivity contribution in [1.82, 2.24) is 9.97 Å². The number of alkyl halides is 5. The molecule has 0 fully saturated rings. The Morgan fingerprint density at radius 2 is 1.76 bits per heavy atom. The number of aromatic nitrogens is 2. The number of halogens is 5. The summed E-state index contributed by atoms with van der Waals surface area (Å²) in [5.74, 6) is -1.98. The van der Waals surface area contributed by atoms with Crippen LogP contribution in [0.25, 0.3) is 0 Å². The second-order valence-electron chi connectivity index (χ2n) is 6.50. The van der Waals surface area contributed by atoms with Crippen molar-refractivity contribution in [2.24, 2.45) is 0 Å². The highest BCUT2D eigenvalue weighted by molar-refractivity contribution is 5.46. The molecule has 3 rings (SSSR count). The molecule has 1 N–H and O–H groups in total. The fourth-order valence-electron chi connectivity index (χ4n) is 2.80. The summed E-state index contributed by atoms with van der Waals surface area (Å²) in [7, 11) is 1.46. The molecule has 0 saturated heterocycles. The van der Waals surface area contributed by atoms with Crippen LogP contribution in [0.2, 0.25) is 0 Å². The van der Waals surface area contributed by atoms with Gasteiger partial charge in [-0.3, -0.25) is 4.79 Å². The third kappa shape index (κ3) is 5.97. The zero-order valence-electron chi connectivity index (χ0n) is 16.7. The lowest BCUT2D eigenvalue weighted by Crippen LogP contribution is -2.22. The molecule has 0 radical (unpaired) electrons. The summed E-state index contributed by atoms with van der Waals surface area (Å²) in [6, 6.07) is 10.7. The first kappa shape index (κ1) is 23.5. The van der Waals surface area contributed by atoms with E-state index in [0.717, 1.165) is 18.2 Å². The highest BCUT2D eigenvalue weighted by Crippen LogP contribution is 2.36. The molecule has 0 aliphatic heterocycles. The predicted molar refractivity (Wildman–Crippen MR) is 104 cm³/mol. The number of hydrogen-bond acceptors (Lipinski definition) is 6. The minimum atomic E-state index is -5.08. The Bertz CT molecular complexity index is 1230. The van der Waals surface area contributed by atoms with E-state index in [1.807, 2.05) is 0 Å². The van der Waals surface area contributed by atoms with Gasteiger partial charge in [0.1, 0.15) is 23.1 Å². The quantitative estimate of drug-likeness (QED) is 0.508. The number of nitrogens with zero attached hydrogens (tertiary/aromatic N) is 2. The van der Waals surface area contributed by atoms with Crippen molar-refractivity contribution in [3.05, 3.63) is 75.5 Å². The number of methoxy groups -OCH3 is 1. The van der Waals surface area contributed by atoms with Gasteiger partial charge in [-0.15, -0.1) is 0 Å². The van der Waals surface area contributed by atoms with Crippen molar-refractivity contribution in [3.8, 4) is 29.1 Å². The summed E-state index contributed by atoms with van der Waals surface area (Å²) >= 11 is 0. The first-order valence-corrected chi connectivity index (χ1v) is 9.10. The van der Waals surface area contributed by atoms with Crippen LogP contribution in [0, 0.1) is 11.3 Å². The minimum Gasteiger partial charge on any atom is -0.497 e. The minimum absolute atomic E-state index is 0.126. The summed E-state index contributed by atoms with van der Waals surface area (Å²) in [5.41, 5.74) is -2.55. The Morgan fingerprint density at radius 1 is 1.09 bits per heavy atom. The fraction of sp³-hybridized carbons (Fsp3) is 0.190. The second kappa shape index (κ2) is 9.56. The molecule has 0 unspecified atom stereocenters. The second-order valence-corrected chi connectivity index (χ2v) is 6.50. The van der Waals surface area contributed by atoms with Crippen LogP contribution in [0.3, 0.4) is 0 Å². The Balaban J connectivity index is 2.00. The van der Waals surface area contributed by atoms with E-state index in [1.54, 1.807) is 30.3 Å². The van der Waals surface area contributed by atoms with Crippen molar-refractivity contribution in [1.29, 1.82) is 5.26 Å².